The van der Waals surface area contributed by atoms with Crippen LogP contribution in [-0.2, 0) is 19.9 Å². The number of ether oxygens (including phenoxy) is 1. The van der Waals surface area contributed by atoms with E-state index in [1.807, 2.05) is 48.5 Å². The van der Waals surface area contributed by atoms with Crippen LogP contribution in [0.2, 0.25) is 0 Å². The summed E-state index contributed by atoms with van der Waals surface area (Å²) >= 11 is 0. The second-order valence-electron chi connectivity index (χ2n) is 5.92. The van der Waals surface area contributed by atoms with E-state index in [2.05, 4.69) is 0 Å². The first-order valence-corrected chi connectivity index (χ1v) is 8.01. The molecule has 5 nitrogen and oxygen atoms in total. The van der Waals surface area contributed by atoms with Gasteiger partial charge in [0, 0.05) is 12.0 Å². The van der Waals surface area contributed by atoms with Crippen LogP contribution in [0.5, 0.6) is 0 Å². The average molecular weight is 323 g/mol. The molecule has 0 N–H and O–H groups in total. The topological polar surface area (TPSA) is 55.8 Å². The number of esters is 1. The van der Waals surface area contributed by atoms with Gasteiger partial charge >= 0.3 is 5.97 Å². The Morgan fingerprint density at radius 1 is 1.21 bits per heavy atom. The second-order valence-corrected chi connectivity index (χ2v) is 5.92. The van der Waals surface area contributed by atoms with Crippen LogP contribution < -0.4 is 5.06 Å². The summed E-state index contributed by atoms with van der Waals surface area (Å²) in [6, 6.07) is 16.8. The summed E-state index contributed by atoms with van der Waals surface area (Å²) < 4.78 is 5.09. The van der Waals surface area contributed by atoms with Crippen LogP contribution in [0.25, 0.3) is 0 Å². The Labute approximate surface area is 139 Å². The third-order valence-corrected chi connectivity index (χ3v) is 4.60. The summed E-state index contributed by atoms with van der Waals surface area (Å²) in [7, 11) is 0. The molecule has 122 valence electrons. The number of Topliss-reactive ketones (excluding diaryl/α,β-unsaturated/α-hetero) is 1. The van der Waals surface area contributed by atoms with Crippen molar-refractivity contribution in [3.05, 3.63) is 65.7 Å². The number of hydrogen-bond donors (Lipinski definition) is 0. The SMILES string of the molecule is CCOC(=O)[C@@H]1C[C@@]2(c3ccccc3)C(=O)c3ccccc3N2O1. The van der Waals surface area contributed by atoms with Crippen LogP contribution in [-0.4, -0.2) is 24.5 Å². The normalized spacial score (nSPS) is 24.6. The van der Waals surface area contributed by atoms with E-state index in [1.54, 1.807) is 18.1 Å². The number of fused-ring (bicyclic) bond motifs is 3. The molecule has 0 bridgehead atoms. The van der Waals surface area contributed by atoms with Crippen molar-refractivity contribution in [3.8, 4) is 0 Å². The van der Waals surface area contributed by atoms with Crippen molar-refractivity contribution in [3.63, 3.8) is 0 Å². The molecule has 2 atom stereocenters. The Balaban J connectivity index is 1.84. The first kappa shape index (κ1) is 14.9. The molecule has 2 aliphatic heterocycles. The fraction of sp³-hybridized carbons (Fsp3) is 0.263. The van der Waals surface area contributed by atoms with Gasteiger partial charge in [-0.25, -0.2) is 9.86 Å². The minimum absolute atomic E-state index is 0.0453. The Morgan fingerprint density at radius 2 is 1.92 bits per heavy atom. The van der Waals surface area contributed by atoms with Crippen LogP contribution in [0.15, 0.2) is 54.6 Å². The second kappa shape index (κ2) is 5.46. The number of rotatable bonds is 3. The van der Waals surface area contributed by atoms with E-state index < -0.39 is 17.6 Å². The van der Waals surface area contributed by atoms with Crippen molar-refractivity contribution in [1.82, 2.24) is 0 Å². The van der Waals surface area contributed by atoms with Crippen molar-refractivity contribution in [2.45, 2.75) is 25.0 Å². The van der Waals surface area contributed by atoms with Crippen molar-refractivity contribution in [2.24, 2.45) is 0 Å². The number of anilines is 1. The van der Waals surface area contributed by atoms with Crippen molar-refractivity contribution in [1.29, 1.82) is 0 Å². The molecule has 0 saturated carbocycles. The molecule has 0 aromatic heterocycles. The van der Waals surface area contributed by atoms with E-state index in [1.165, 1.54) is 0 Å². The van der Waals surface area contributed by atoms with Crippen molar-refractivity contribution >= 4 is 17.4 Å². The van der Waals surface area contributed by atoms with Gasteiger partial charge in [0.1, 0.15) is 0 Å². The lowest BCUT2D eigenvalue weighted by atomic mass is 9.82. The third kappa shape index (κ3) is 1.91. The molecule has 1 saturated heterocycles. The van der Waals surface area contributed by atoms with Crippen LogP contribution in [0, 0.1) is 0 Å². The van der Waals surface area contributed by atoms with Gasteiger partial charge < -0.3 is 4.74 Å². The fourth-order valence-corrected chi connectivity index (χ4v) is 3.56. The van der Waals surface area contributed by atoms with Gasteiger partial charge in [-0.15, -0.1) is 0 Å². The van der Waals surface area contributed by atoms with E-state index in [0.29, 0.717) is 11.3 Å². The number of hydrogen-bond acceptors (Lipinski definition) is 5. The minimum atomic E-state index is -1.01. The molecule has 0 unspecified atom stereocenters. The van der Waals surface area contributed by atoms with Crippen LogP contribution in [0.1, 0.15) is 29.3 Å². The summed E-state index contributed by atoms with van der Waals surface area (Å²) in [5, 5.41) is 1.60. The molecule has 2 heterocycles. The summed E-state index contributed by atoms with van der Waals surface area (Å²) in [6.45, 7) is 2.03. The van der Waals surface area contributed by atoms with Gasteiger partial charge in [-0.1, -0.05) is 42.5 Å². The number of nitrogens with zero attached hydrogens (tertiary/aromatic N) is 1. The molecule has 0 aliphatic carbocycles. The summed E-state index contributed by atoms with van der Waals surface area (Å²) in [5.74, 6) is -0.483. The van der Waals surface area contributed by atoms with Gasteiger partial charge in [-0.05, 0) is 24.6 Å². The number of carbonyl (C=O) groups is 2. The molecular weight excluding hydrogens is 306 g/mol. The largest absolute Gasteiger partial charge is 0.464 e. The smallest absolute Gasteiger partial charge is 0.338 e. The summed E-state index contributed by atoms with van der Waals surface area (Å²) in [5.41, 5.74) is 1.11. The maximum absolute atomic E-state index is 13.3. The number of hydroxylamine groups is 1. The lowest BCUT2D eigenvalue weighted by Crippen LogP contribution is -2.42. The minimum Gasteiger partial charge on any atom is -0.464 e. The molecule has 1 fully saturated rings. The molecule has 0 amide bonds. The average Bonchev–Trinajstić information content (AvgIpc) is 3.13. The molecule has 5 heteroatoms. The standard InChI is InChI=1S/C19H17NO4/c1-2-23-18(22)16-12-19(13-8-4-3-5-9-13)17(21)14-10-6-7-11-15(14)20(19)24-16/h3-11,16H,2,12H2,1H3/t16-,19+/m0/s1. The molecule has 2 aromatic rings. The van der Waals surface area contributed by atoms with Gasteiger partial charge in [0.25, 0.3) is 0 Å². The number of carbonyl (C=O) groups excluding carboxylic acids is 2. The quantitative estimate of drug-likeness (QED) is 0.813. The third-order valence-electron chi connectivity index (χ3n) is 4.60. The molecule has 24 heavy (non-hydrogen) atoms. The first-order valence-electron chi connectivity index (χ1n) is 8.01. The lowest BCUT2D eigenvalue weighted by Gasteiger charge is -2.29. The summed E-state index contributed by atoms with van der Waals surface area (Å²) in [4.78, 5) is 31.3. The summed E-state index contributed by atoms with van der Waals surface area (Å²) in [6.07, 6.45) is -0.550. The highest BCUT2D eigenvalue weighted by molar-refractivity contribution is 6.14. The molecular formula is C19H17NO4. The highest BCUT2D eigenvalue weighted by Crippen LogP contribution is 2.52. The zero-order valence-electron chi connectivity index (χ0n) is 13.3. The maximum atomic E-state index is 13.3. The first-order chi connectivity index (χ1) is 11.7. The van der Waals surface area contributed by atoms with Crippen molar-refractivity contribution < 1.29 is 19.2 Å². The molecule has 0 spiro atoms. The van der Waals surface area contributed by atoms with E-state index in [9.17, 15) is 9.59 Å². The zero-order valence-corrected chi connectivity index (χ0v) is 13.3. The van der Waals surface area contributed by atoms with Crippen LogP contribution >= 0.6 is 0 Å². The highest BCUT2D eigenvalue weighted by atomic mass is 16.7. The number of benzene rings is 2. The van der Waals surface area contributed by atoms with Gasteiger partial charge in [-0.2, -0.15) is 0 Å². The van der Waals surface area contributed by atoms with Gasteiger partial charge in [0.05, 0.1) is 12.3 Å². The number of ketones is 1. The van der Waals surface area contributed by atoms with Crippen LogP contribution in [0.3, 0.4) is 0 Å². The number of para-hydroxylation sites is 1. The maximum Gasteiger partial charge on any atom is 0.338 e. The molecule has 0 radical (unpaired) electrons. The Hall–Kier alpha value is -2.66. The van der Waals surface area contributed by atoms with E-state index >= 15 is 0 Å². The monoisotopic (exact) mass is 323 g/mol. The predicted octanol–water partition coefficient (Wildman–Crippen LogP) is 2.85. The van der Waals surface area contributed by atoms with Gasteiger partial charge in [0.2, 0.25) is 0 Å². The molecule has 2 aromatic carbocycles. The Morgan fingerprint density at radius 3 is 2.67 bits per heavy atom. The molecule has 2 aliphatic rings. The van der Waals surface area contributed by atoms with Crippen LogP contribution in [0.4, 0.5) is 5.69 Å². The van der Waals surface area contributed by atoms with E-state index in [0.717, 1.165) is 5.56 Å². The molecule has 4 rings (SSSR count). The fourth-order valence-electron chi connectivity index (χ4n) is 3.56. The highest BCUT2D eigenvalue weighted by Gasteiger charge is 2.61. The zero-order chi connectivity index (χ0) is 16.7. The lowest BCUT2D eigenvalue weighted by molar-refractivity contribution is -0.154. The van der Waals surface area contributed by atoms with Crippen molar-refractivity contribution in [2.75, 3.05) is 11.7 Å². The van der Waals surface area contributed by atoms with E-state index in [4.69, 9.17) is 9.57 Å². The Kier molecular flexibility index (Phi) is 3.39. The Bertz CT molecular complexity index is 804. The van der Waals surface area contributed by atoms with E-state index in [-0.39, 0.29) is 18.8 Å². The predicted molar refractivity (Wildman–Crippen MR) is 87.5 cm³/mol. The van der Waals surface area contributed by atoms with Gasteiger partial charge in [0.15, 0.2) is 17.4 Å². The van der Waals surface area contributed by atoms with Gasteiger partial charge in [-0.3, -0.25) is 9.63 Å².